The first-order valence-electron chi connectivity index (χ1n) is 8.75. The van der Waals surface area contributed by atoms with Gasteiger partial charge in [-0.25, -0.2) is 0 Å². The van der Waals surface area contributed by atoms with Crippen LogP contribution in [0.25, 0.3) is 10.9 Å². The van der Waals surface area contributed by atoms with Crippen LogP contribution in [-0.2, 0) is 6.54 Å². The van der Waals surface area contributed by atoms with Crippen LogP contribution in [0.4, 0.5) is 0 Å². The van der Waals surface area contributed by atoms with Gasteiger partial charge in [0.25, 0.3) is 0 Å². The minimum atomic E-state index is -0.345. The SMILES string of the molecule is O=c1cc(CN2CCC([C@H](O)c3cccs3)CC2)[nH]c2ccccc12. The van der Waals surface area contributed by atoms with Gasteiger partial charge in [0, 0.05) is 34.1 Å². The Morgan fingerprint density at radius 1 is 1.20 bits per heavy atom. The lowest BCUT2D eigenvalue weighted by atomic mass is 9.90. The summed E-state index contributed by atoms with van der Waals surface area (Å²) in [6.07, 6.45) is 1.62. The van der Waals surface area contributed by atoms with Gasteiger partial charge in [0.2, 0.25) is 0 Å². The number of rotatable bonds is 4. The molecule has 0 bridgehead atoms. The monoisotopic (exact) mass is 354 g/mol. The molecular weight excluding hydrogens is 332 g/mol. The van der Waals surface area contributed by atoms with Gasteiger partial charge in [-0.2, -0.15) is 0 Å². The van der Waals surface area contributed by atoms with Gasteiger partial charge in [-0.3, -0.25) is 9.69 Å². The Morgan fingerprint density at radius 3 is 2.76 bits per heavy atom. The number of aliphatic hydroxyl groups is 1. The van der Waals surface area contributed by atoms with E-state index in [1.165, 1.54) is 0 Å². The van der Waals surface area contributed by atoms with Gasteiger partial charge in [-0.15, -0.1) is 11.3 Å². The maximum Gasteiger partial charge on any atom is 0.189 e. The van der Waals surface area contributed by atoms with Crippen molar-refractivity contribution in [1.82, 2.24) is 9.88 Å². The lowest BCUT2D eigenvalue weighted by Gasteiger charge is -2.33. The van der Waals surface area contributed by atoms with Gasteiger partial charge in [0.15, 0.2) is 5.43 Å². The molecule has 1 fully saturated rings. The Bertz CT molecular complexity index is 895. The van der Waals surface area contributed by atoms with Crippen molar-refractivity contribution in [2.24, 2.45) is 5.92 Å². The van der Waals surface area contributed by atoms with Crippen molar-refractivity contribution in [3.8, 4) is 0 Å². The molecule has 0 unspecified atom stereocenters. The zero-order valence-corrected chi connectivity index (χ0v) is 14.8. The molecule has 3 aromatic rings. The summed E-state index contributed by atoms with van der Waals surface area (Å²) in [5, 5.41) is 13.3. The predicted molar refractivity (Wildman–Crippen MR) is 102 cm³/mol. The van der Waals surface area contributed by atoms with E-state index in [9.17, 15) is 9.90 Å². The van der Waals surface area contributed by atoms with E-state index in [2.05, 4.69) is 9.88 Å². The lowest BCUT2D eigenvalue weighted by Crippen LogP contribution is -2.35. The van der Waals surface area contributed by atoms with Crippen LogP contribution in [0, 0.1) is 5.92 Å². The number of pyridine rings is 1. The zero-order chi connectivity index (χ0) is 17.2. The van der Waals surface area contributed by atoms with E-state index in [-0.39, 0.29) is 11.5 Å². The van der Waals surface area contributed by atoms with Crippen molar-refractivity contribution in [2.75, 3.05) is 13.1 Å². The number of piperidine rings is 1. The van der Waals surface area contributed by atoms with Gasteiger partial charge in [-0.1, -0.05) is 18.2 Å². The molecule has 1 saturated heterocycles. The highest BCUT2D eigenvalue weighted by Crippen LogP contribution is 2.33. The maximum absolute atomic E-state index is 12.2. The van der Waals surface area contributed by atoms with Crippen molar-refractivity contribution in [1.29, 1.82) is 0 Å². The average molecular weight is 354 g/mol. The molecule has 3 heterocycles. The molecule has 130 valence electrons. The minimum Gasteiger partial charge on any atom is -0.387 e. The molecule has 4 nitrogen and oxygen atoms in total. The summed E-state index contributed by atoms with van der Waals surface area (Å²) in [6.45, 7) is 2.64. The molecular formula is C20H22N2O2S. The largest absolute Gasteiger partial charge is 0.387 e. The molecule has 2 N–H and O–H groups in total. The maximum atomic E-state index is 12.2. The van der Waals surface area contributed by atoms with Crippen LogP contribution in [-0.4, -0.2) is 28.1 Å². The number of aliphatic hydroxyl groups excluding tert-OH is 1. The topological polar surface area (TPSA) is 56.3 Å². The van der Waals surface area contributed by atoms with Crippen LogP contribution < -0.4 is 5.43 Å². The lowest BCUT2D eigenvalue weighted by molar-refractivity contribution is 0.0587. The number of aromatic amines is 1. The van der Waals surface area contributed by atoms with E-state index in [1.54, 1.807) is 17.4 Å². The number of benzene rings is 1. The summed E-state index contributed by atoms with van der Waals surface area (Å²) in [5.74, 6) is 0.325. The van der Waals surface area contributed by atoms with Crippen LogP contribution in [0.3, 0.4) is 0 Å². The molecule has 0 saturated carbocycles. The third-order valence-corrected chi connectivity index (χ3v) is 6.04. The van der Waals surface area contributed by atoms with E-state index in [0.717, 1.165) is 53.9 Å². The number of nitrogens with zero attached hydrogens (tertiary/aromatic N) is 1. The third-order valence-electron chi connectivity index (χ3n) is 5.10. The average Bonchev–Trinajstić information content (AvgIpc) is 3.16. The molecule has 0 amide bonds. The molecule has 0 spiro atoms. The molecule has 1 aliphatic rings. The highest BCUT2D eigenvalue weighted by Gasteiger charge is 2.26. The summed E-state index contributed by atoms with van der Waals surface area (Å²) in [4.78, 5) is 19.1. The van der Waals surface area contributed by atoms with Crippen molar-refractivity contribution in [2.45, 2.75) is 25.5 Å². The van der Waals surface area contributed by atoms with Crippen LogP contribution in [0.2, 0.25) is 0 Å². The number of aromatic nitrogens is 1. The number of para-hydroxylation sites is 1. The Labute approximate surface area is 150 Å². The second-order valence-corrected chi connectivity index (χ2v) is 7.76. The van der Waals surface area contributed by atoms with Gasteiger partial charge in [-0.05, 0) is 55.4 Å². The molecule has 1 atom stereocenters. The van der Waals surface area contributed by atoms with Crippen LogP contribution in [0.15, 0.2) is 52.6 Å². The summed E-state index contributed by atoms with van der Waals surface area (Å²) in [7, 11) is 0. The highest BCUT2D eigenvalue weighted by molar-refractivity contribution is 7.10. The van der Waals surface area contributed by atoms with Crippen molar-refractivity contribution < 1.29 is 5.11 Å². The van der Waals surface area contributed by atoms with E-state index < -0.39 is 0 Å². The molecule has 5 heteroatoms. The molecule has 25 heavy (non-hydrogen) atoms. The minimum absolute atomic E-state index is 0.0763. The fraction of sp³-hybridized carbons (Fsp3) is 0.350. The summed E-state index contributed by atoms with van der Waals surface area (Å²) in [6, 6.07) is 13.4. The van der Waals surface area contributed by atoms with Crippen molar-refractivity contribution in [3.63, 3.8) is 0 Å². The predicted octanol–water partition coefficient (Wildman–Crippen LogP) is 3.54. The number of likely N-dealkylation sites (tertiary alicyclic amines) is 1. The summed E-state index contributed by atoms with van der Waals surface area (Å²) >= 11 is 1.63. The fourth-order valence-electron chi connectivity index (χ4n) is 3.70. The Balaban J connectivity index is 1.41. The standard InChI is InChI=1S/C20H22N2O2S/c23-18-12-15(21-17-5-2-1-4-16(17)18)13-22-9-7-14(8-10-22)20(24)19-6-3-11-25-19/h1-6,11-12,14,20,24H,7-10,13H2,(H,21,23)/t20-/m0/s1. The zero-order valence-electron chi connectivity index (χ0n) is 14.0. The van der Waals surface area contributed by atoms with Crippen LogP contribution in [0.1, 0.15) is 29.5 Å². The first-order valence-corrected chi connectivity index (χ1v) is 9.63. The van der Waals surface area contributed by atoms with Crippen molar-refractivity contribution in [3.05, 3.63) is 68.6 Å². The highest BCUT2D eigenvalue weighted by atomic mass is 32.1. The number of thiophene rings is 1. The van der Waals surface area contributed by atoms with E-state index >= 15 is 0 Å². The van der Waals surface area contributed by atoms with Gasteiger partial charge < -0.3 is 10.1 Å². The fourth-order valence-corrected chi connectivity index (χ4v) is 4.50. The van der Waals surface area contributed by atoms with Crippen LogP contribution >= 0.6 is 11.3 Å². The number of fused-ring (bicyclic) bond motifs is 1. The first kappa shape index (κ1) is 16.5. The smallest absolute Gasteiger partial charge is 0.189 e. The normalized spacial score (nSPS) is 17.8. The molecule has 1 aromatic carbocycles. The number of hydrogen-bond donors (Lipinski definition) is 2. The van der Waals surface area contributed by atoms with Gasteiger partial charge in [0.1, 0.15) is 0 Å². The molecule has 1 aliphatic heterocycles. The van der Waals surface area contributed by atoms with E-state index in [4.69, 9.17) is 0 Å². The number of nitrogens with one attached hydrogen (secondary N) is 1. The molecule has 4 rings (SSSR count). The molecule has 0 radical (unpaired) electrons. The third kappa shape index (κ3) is 3.54. The number of hydrogen-bond acceptors (Lipinski definition) is 4. The van der Waals surface area contributed by atoms with E-state index in [1.807, 2.05) is 41.8 Å². The first-order chi connectivity index (χ1) is 12.2. The molecule has 2 aromatic heterocycles. The summed E-state index contributed by atoms with van der Waals surface area (Å²) in [5.41, 5.74) is 1.93. The van der Waals surface area contributed by atoms with Gasteiger partial charge in [0.05, 0.1) is 6.10 Å². The Morgan fingerprint density at radius 2 is 2.00 bits per heavy atom. The molecule has 0 aliphatic carbocycles. The van der Waals surface area contributed by atoms with Crippen molar-refractivity contribution >= 4 is 22.2 Å². The number of H-pyrrole nitrogens is 1. The summed E-state index contributed by atoms with van der Waals surface area (Å²) < 4.78 is 0. The Kier molecular flexibility index (Phi) is 4.70. The van der Waals surface area contributed by atoms with Gasteiger partial charge >= 0.3 is 0 Å². The quantitative estimate of drug-likeness (QED) is 0.753. The van der Waals surface area contributed by atoms with Crippen LogP contribution in [0.5, 0.6) is 0 Å². The Hall–Kier alpha value is -1.95. The second-order valence-electron chi connectivity index (χ2n) is 6.78. The van der Waals surface area contributed by atoms with E-state index in [0.29, 0.717) is 5.92 Å². The second kappa shape index (κ2) is 7.12.